The number of carbonyl (C=O) groups is 2. The van der Waals surface area contributed by atoms with Gasteiger partial charge in [0.05, 0.1) is 19.2 Å². The van der Waals surface area contributed by atoms with E-state index in [1.807, 2.05) is 28.0 Å². The molecule has 0 spiro atoms. The van der Waals surface area contributed by atoms with Crippen molar-refractivity contribution in [1.29, 1.82) is 0 Å². The summed E-state index contributed by atoms with van der Waals surface area (Å²) in [5, 5.41) is 1.89. The Labute approximate surface area is 138 Å². The molecule has 5 heteroatoms. The highest BCUT2D eigenvalue weighted by Gasteiger charge is 2.17. The van der Waals surface area contributed by atoms with Crippen molar-refractivity contribution < 1.29 is 14.3 Å². The summed E-state index contributed by atoms with van der Waals surface area (Å²) < 4.78 is 6.58. The number of aldehydes is 1. The van der Waals surface area contributed by atoms with Crippen molar-refractivity contribution in [1.82, 2.24) is 4.40 Å². The molecule has 3 rings (SSSR count). The second-order valence-electron chi connectivity index (χ2n) is 5.27. The fraction of sp³-hybridized carbons (Fsp3) is 0.222. The number of aromatic nitrogens is 1. The summed E-state index contributed by atoms with van der Waals surface area (Å²) in [6, 6.07) is 10.2. The summed E-state index contributed by atoms with van der Waals surface area (Å²) in [6.45, 7) is 2.10. The van der Waals surface area contributed by atoms with Crippen molar-refractivity contribution in [2.24, 2.45) is 0 Å². The van der Waals surface area contributed by atoms with E-state index in [0.29, 0.717) is 5.69 Å². The van der Waals surface area contributed by atoms with Crippen LogP contribution in [0.2, 0.25) is 0 Å². The van der Waals surface area contributed by atoms with Gasteiger partial charge in [-0.05, 0) is 23.6 Å². The molecule has 23 heavy (non-hydrogen) atoms. The average Bonchev–Trinajstić information content (AvgIpc) is 3.14. The molecular weight excluding hydrogens is 310 g/mol. The molecule has 4 nitrogen and oxygen atoms in total. The summed E-state index contributed by atoms with van der Waals surface area (Å²) in [7, 11) is 1.36. The highest BCUT2D eigenvalue weighted by molar-refractivity contribution is 7.15. The van der Waals surface area contributed by atoms with E-state index in [2.05, 4.69) is 19.1 Å². The first-order valence-corrected chi connectivity index (χ1v) is 8.29. The largest absolute Gasteiger partial charge is 0.469 e. The van der Waals surface area contributed by atoms with E-state index >= 15 is 0 Å². The summed E-state index contributed by atoms with van der Waals surface area (Å²) in [6.07, 6.45) is 1.95. The zero-order valence-electron chi connectivity index (χ0n) is 13.0. The molecule has 0 atom stereocenters. The van der Waals surface area contributed by atoms with Crippen LogP contribution in [0.25, 0.3) is 16.0 Å². The topological polar surface area (TPSA) is 47.8 Å². The third kappa shape index (κ3) is 2.80. The number of nitrogens with zero attached hydrogens (tertiary/aromatic N) is 1. The van der Waals surface area contributed by atoms with E-state index in [0.717, 1.165) is 34.4 Å². The van der Waals surface area contributed by atoms with Crippen molar-refractivity contribution >= 4 is 28.4 Å². The first-order chi connectivity index (χ1) is 11.2. The summed E-state index contributed by atoms with van der Waals surface area (Å²) >= 11 is 1.52. The molecule has 0 fully saturated rings. The molecule has 2 heterocycles. The number of aryl methyl sites for hydroxylation is 1. The van der Waals surface area contributed by atoms with Gasteiger partial charge >= 0.3 is 5.97 Å². The first-order valence-electron chi connectivity index (χ1n) is 7.41. The fourth-order valence-corrected chi connectivity index (χ4v) is 3.66. The Balaban J connectivity index is 2.15. The minimum absolute atomic E-state index is 0.153. The number of rotatable bonds is 5. The lowest BCUT2D eigenvalue weighted by atomic mass is 10.0. The standard InChI is InChI=1S/C18H17NO3S/c1-3-12-5-4-6-13(7-12)15-9-17-19(16(15)10-20)14(11-23-17)8-18(21)22-2/h4-7,9-11H,3,8H2,1-2H3. The number of hydrogen-bond donors (Lipinski definition) is 0. The molecule has 0 bridgehead atoms. The second kappa shape index (κ2) is 6.38. The lowest BCUT2D eigenvalue weighted by Crippen LogP contribution is -2.07. The Hall–Kier alpha value is -2.40. The van der Waals surface area contributed by atoms with Gasteiger partial charge in [-0.15, -0.1) is 11.3 Å². The predicted molar refractivity (Wildman–Crippen MR) is 91.2 cm³/mol. The number of thiazole rings is 1. The average molecular weight is 327 g/mol. The van der Waals surface area contributed by atoms with Gasteiger partial charge in [0.25, 0.3) is 0 Å². The van der Waals surface area contributed by atoms with Crippen LogP contribution in [0, 0.1) is 0 Å². The SMILES string of the molecule is CCc1cccc(-c2cc3scc(CC(=O)OC)n3c2C=O)c1. The van der Waals surface area contributed by atoms with Crippen molar-refractivity contribution in [3.8, 4) is 11.1 Å². The Morgan fingerprint density at radius 3 is 2.87 bits per heavy atom. The van der Waals surface area contributed by atoms with Gasteiger partial charge in [-0.1, -0.05) is 31.2 Å². The molecule has 0 N–H and O–H groups in total. The number of carbonyl (C=O) groups excluding carboxylic acids is 2. The Morgan fingerprint density at radius 2 is 2.17 bits per heavy atom. The zero-order valence-corrected chi connectivity index (χ0v) is 13.9. The summed E-state index contributed by atoms with van der Waals surface area (Å²) in [4.78, 5) is 24.2. The van der Waals surface area contributed by atoms with Crippen molar-refractivity contribution in [2.75, 3.05) is 7.11 Å². The third-order valence-corrected chi connectivity index (χ3v) is 4.85. The molecule has 0 radical (unpaired) electrons. The Morgan fingerprint density at radius 1 is 1.35 bits per heavy atom. The Kier molecular flexibility index (Phi) is 4.30. The minimum atomic E-state index is -0.315. The van der Waals surface area contributed by atoms with Gasteiger partial charge in [0.2, 0.25) is 0 Å². The maximum Gasteiger partial charge on any atom is 0.311 e. The number of hydrogen-bond acceptors (Lipinski definition) is 4. The van der Waals surface area contributed by atoms with E-state index < -0.39 is 0 Å². The van der Waals surface area contributed by atoms with E-state index in [4.69, 9.17) is 4.74 Å². The smallest absolute Gasteiger partial charge is 0.311 e. The molecule has 118 valence electrons. The fourth-order valence-electron chi connectivity index (χ4n) is 2.71. The van der Waals surface area contributed by atoms with E-state index in [9.17, 15) is 9.59 Å². The molecule has 0 aliphatic rings. The lowest BCUT2D eigenvalue weighted by Gasteiger charge is -2.05. The monoisotopic (exact) mass is 327 g/mol. The molecule has 0 unspecified atom stereocenters. The van der Waals surface area contributed by atoms with Crippen molar-refractivity contribution in [3.63, 3.8) is 0 Å². The Bertz CT molecular complexity index is 876. The molecule has 2 aromatic heterocycles. The minimum Gasteiger partial charge on any atom is -0.469 e. The lowest BCUT2D eigenvalue weighted by molar-refractivity contribution is -0.139. The number of methoxy groups -OCH3 is 1. The third-order valence-electron chi connectivity index (χ3n) is 3.92. The van der Waals surface area contributed by atoms with Crippen LogP contribution >= 0.6 is 11.3 Å². The van der Waals surface area contributed by atoms with Gasteiger partial charge in [-0.2, -0.15) is 0 Å². The van der Waals surface area contributed by atoms with Crippen LogP contribution in [-0.2, 0) is 22.4 Å². The highest BCUT2D eigenvalue weighted by Crippen LogP contribution is 2.31. The quantitative estimate of drug-likeness (QED) is 0.529. The van der Waals surface area contributed by atoms with Crippen LogP contribution in [0.3, 0.4) is 0 Å². The van der Waals surface area contributed by atoms with Gasteiger partial charge in [0, 0.05) is 16.6 Å². The maximum atomic E-state index is 11.7. The van der Waals surface area contributed by atoms with Gasteiger partial charge in [-0.25, -0.2) is 0 Å². The van der Waals surface area contributed by atoms with Gasteiger partial charge in [0.15, 0.2) is 6.29 Å². The van der Waals surface area contributed by atoms with Crippen LogP contribution in [-0.4, -0.2) is 23.8 Å². The molecule has 0 saturated carbocycles. The number of ether oxygens (including phenoxy) is 1. The van der Waals surface area contributed by atoms with Crippen molar-refractivity contribution in [2.45, 2.75) is 19.8 Å². The van der Waals surface area contributed by atoms with Gasteiger partial charge < -0.3 is 9.14 Å². The number of fused-ring (bicyclic) bond motifs is 1. The molecule has 0 amide bonds. The molecule has 0 saturated heterocycles. The molecule has 3 aromatic rings. The van der Waals surface area contributed by atoms with Gasteiger partial charge in [-0.3, -0.25) is 9.59 Å². The van der Waals surface area contributed by atoms with Crippen LogP contribution in [0.4, 0.5) is 0 Å². The zero-order chi connectivity index (χ0) is 16.4. The summed E-state index contributed by atoms with van der Waals surface area (Å²) in [5.74, 6) is -0.315. The normalized spacial score (nSPS) is 10.9. The number of esters is 1. The van der Waals surface area contributed by atoms with Crippen LogP contribution in [0.1, 0.15) is 28.7 Å². The molecule has 1 aromatic carbocycles. The number of benzene rings is 1. The second-order valence-corrected chi connectivity index (χ2v) is 6.16. The van der Waals surface area contributed by atoms with Crippen molar-refractivity contribution in [3.05, 3.63) is 52.7 Å². The first kappa shape index (κ1) is 15.5. The van der Waals surface area contributed by atoms with E-state index in [1.54, 1.807) is 0 Å². The summed E-state index contributed by atoms with van der Waals surface area (Å²) in [5.41, 5.74) is 4.49. The highest BCUT2D eigenvalue weighted by atomic mass is 32.1. The predicted octanol–water partition coefficient (Wildman–Crippen LogP) is 3.76. The van der Waals surface area contributed by atoms with E-state index in [1.165, 1.54) is 24.0 Å². The molecule has 0 aliphatic carbocycles. The maximum absolute atomic E-state index is 11.7. The van der Waals surface area contributed by atoms with Crippen LogP contribution in [0.5, 0.6) is 0 Å². The molecular formula is C18H17NO3S. The molecule has 0 aliphatic heterocycles. The van der Waals surface area contributed by atoms with Crippen LogP contribution < -0.4 is 0 Å². The van der Waals surface area contributed by atoms with Crippen LogP contribution in [0.15, 0.2) is 35.7 Å². The van der Waals surface area contributed by atoms with E-state index in [-0.39, 0.29) is 12.4 Å². The van der Waals surface area contributed by atoms with Gasteiger partial charge in [0.1, 0.15) is 4.83 Å².